The molecule has 0 bridgehead atoms. The number of carbonyl (C=O) groups excluding carboxylic acids is 1. The fraction of sp³-hybridized carbons (Fsp3) is 0.250. The molecule has 4 rings (SSSR count). The number of hydrogen-bond acceptors (Lipinski definition) is 3. The van der Waals surface area contributed by atoms with E-state index >= 15 is 0 Å². The summed E-state index contributed by atoms with van der Waals surface area (Å²) in [4.78, 5) is 23.3. The number of rotatable bonds is 2. The fourth-order valence-electron chi connectivity index (χ4n) is 3.51. The highest BCUT2D eigenvalue weighted by Gasteiger charge is 2.25. The molecule has 1 aliphatic rings. The predicted octanol–water partition coefficient (Wildman–Crippen LogP) is 3.65. The number of piperidine rings is 1. The van der Waals surface area contributed by atoms with Gasteiger partial charge in [-0.25, -0.2) is 0 Å². The second-order valence-corrected chi connectivity index (χ2v) is 6.22. The molecule has 1 amide bonds. The Hall–Kier alpha value is -2.75. The number of amides is 1. The number of hydrogen-bond donors (Lipinski definition) is 0. The molecule has 0 atom stereocenters. The molecule has 1 aliphatic heterocycles. The number of likely N-dealkylation sites (tertiary alicyclic amines) is 1. The van der Waals surface area contributed by atoms with Crippen LogP contribution in [-0.2, 0) is 0 Å². The van der Waals surface area contributed by atoms with E-state index in [9.17, 15) is 4.79 Å². The Balaban J connectivity index is 1.52. The van der Waals surface area contributed by atoms with E-state index in [1.54, 1.807) is 6.20 Å². The summed E-state index contributed by atoms with van der Waals surface area (Å²) < 4.78 is 0. The minimum Gasteiger partial charge on any atom is -0.339 e. The van der Waals surface area contributed by atoms with Crippen molar-refractivity contribution < 1.29 is 4.79 Å². The van der Waals surface area contributed by atoms with Crippen LogP contribution in [0, 0.1) is 0 Å². The summed E-state index contributed by atoms with van der Waals surface area (Å²) >= 11 is 0. The van der Waals surface area contributed by atoms with Crippen LogP contribution in [0.5, 0.6) is 0 Å². The van der Waals surface area contributed by atoms with Crippen molar-refractivity contribution in [2.75, 3.05) is 13.1 Å². The first-order valence-corrected chi connectivity index (χ1v) is 8.36. The number of aromatic nitrogens is 2. The Kier molecular flexibility index (Phi) is 3.95. The molecule has 3 heterocycles. The van der Waals surface area contributed by atoms with Crippen molar-refractivity contribution in [3.63, 3.8) is 0 Å². The number of fused-ring (bicyclic) bond motifs is 1. The molecule has 4 heteroatoms. The number of benzene rings is 1. The predicted molar refractivity (Wildman–Crippen MR) is 93.9 cm³/mol. The zero-order valence-corrected chi connectivity index (χ0v) is 13.4. The highest BCUT2D eigenvalue weighted by atomic mass is 16.2. The van der Waals surface area contributed by atoms with Gasteiger partial charge in [0, 0.05) is 42.6 Å². The third kappa shape index (κ3) is 2.75. The van der Waals surface area contributed by atoms with Crippen molar-refractivity contribution in [3.8, 4) is 0 Å². The van der Waals surface area contributed by atoms with E-state index in [-0.39, 0.29) is 5.91 Å². The molecule has 3 aromatic rings. The van der Waals surface area contributed by atoms with Gasteiger partial charge in [0.1, 0.15) is 0 Å². The first kappa shape index (κ1) is 14.8. The van der Waals surface area contributed by atoms with Crippen LogP contribution in [0.4, 0.5) is 0 Å². The quantitative estimate of drug-likeness (QED) is 0.725. The molecule has 24 heavy (non-hydrogen) atoms. The molecule has 4 nitrogen and oxygen atoms in total. The van der Waals surface area contributed by atoms with Crippen LogP contribution in [0.2, 0.25) is 0 Å². The second kappa shape index (κ2) is 6.40. The van der Waals surface area contributed by atoms with Crippen LogP contribution < -0.4 is 0 Å². The summed E-state index contributed by atoms with van der Waals surface area (Å²) in [5.74, 6) is 0.632. The molecular formula is C20H19N3O. The molecule has 0 spiro atoms. The maximum absolute atomic E-state index is 12.9. The molecule has 0 N–H and O–H groups in total. The summed E-state index contributed by atoms with van der Waals surface area (Å²) in [6, 6.07) is 13.8. The molecule has 0 saturated carbocycles. The Morgan fingerprint density at radius 3 is 2.54 bits per heavy atom. The van der Waals surface area contributed by atoms with Crippen molar-refractivity contribution in [1.82, 2.24) is 14.9 Å². The molecule has 0 aliphatic carbocycles. The van der Waals surface area contributed by atoms with E-state index in [1.807, 2.05) is 47.6 Å². The molecule has 1 aromatic carbocycles. The summed E-state index contributed by atoms with van der Waals surface area (Å²) in [7, 11) is 0. The Bertz CT molecular complexity index is 850. The van der Waals surface area contributed by atoms with Crippen molar-refractivity contribution in [2.45, 2.75) is 18.8 Å². The average Bonchev–Trinajstić information content (AvgIpc) is 2.68. The van der Waals surface area contributed by atoms with Crippen molar-refractivity contribution in [3.05, 3.63) is 72.2 Å². The van der Waals surface area contributed by atoms with Gasteiger partial charge in [-0.15, -0.1) is 0 Å². The van der Waals surface area contributed by atoms with E-state index in [1.165, 1.54) is 5.56 Å². The van der Waals surface area contributed by atoms with Gasteiger partial charge < -0.3 is 4.90 Å². The normalized spacial score (nSPS) is 15.6. The average molecular weight is 317 g/mol. The van der Waals surface area contributed by atoms with Crippen LogP contribution in [0.1, 0.15) is 34.7 Å². The minimum absolute atomic E-state index is 0.113. The largest absolute Gasteiger partial charge is 0.339 e. The van der Waals surface area contributed by atoms with Gasteiger partial charge in [0.05, 0.1) is 5.52 Å². The highest BCUT2D eigenvalue weighted by molar-refractivity contribution is 6.06. The Labute approximate surface area is 141 Å². The first-order chi connectivity index (χ1) is 11.8. The lowest BCUT2D eigenvalue weighted by atomic mass is 9.90. The topological polar surface area (TPSA) is 46.1 Å². The number of carbonyl (C=O) groups is 1. The van der Waals surface area contributed by atoms with Crippen LogP contribution in [0.15, 0.2) is 61.1 Å². The van der Waals surface area contributed by atoms with Crippen molar-refractivity contribution in [1.29, 1.82) is 0 Å². The van der Waals surface area contributed by atoms with Crippen molar-refractivity contribution >= 4 is 16.8 Å². The van der Waals surface area contributed by atoms with Crippen LogP contribution >= 0.6 is 0 Å². The van der Waals surface area contributed by atoms with Crippen molar-refractivity contribution in [2.24, 2.45) is 0 Å². The standard InChI is InChI=1S/C20H19N3O/c24-20(18-3-1-5-19-17(18)4-2-10-22-19)23-13-8-16(9-14-23)15-6-11-21-12-7-15/h1-7,10-12,16H,8-9,13-14H2. The minimum atomic E-state index is 0.113. The number of nitrogens with zero attached hydrogens (tertiary/aromatic N) is 3. The van der Waals surface area contributed by atoms with Gasteiger partial charge in [-0.3, -0.25) is 14.8 Å². The zero-order chi connectivity index (χ0) is 16.4. The van der Waals surface area contributed by atoms with Gasteiger partial charge in [0.25, 0.3) is 5.91 Å². The van der Waals surface area contributed by atoms with Gasteiger partial charge in [-0.05, 0) is 54.7 Å². The molecule has 0 radical (unpaired) electrons. The van der Waals surface area contributed by atoms with Gasteiger partial charge >= 0.3 is 0 Å². The van der Waals surface area contributed by atoms with Crippen LogP contribution in [-0.4, -0.2) is 33.9 Å². The SMILES string of the molecule is O=C(c1cccc2ncccc12)N1CCC(c2ccncc2)CC1. The summed E-state index contributed by atoms with van der Waals surface area (Å²) in [5, 5.41) is 0.932. The molecule has 120 valence electrons. The number of pyridine rings is 2. The highest BCUT2D eigenvalue weighted by Crippen LogP contribution is 2.29. The van der Waals surface area contributed by atoms with Gasteiger partial charge in [0.2, 0.25) is 0 Å². The summed E-state index contributed by atoms with van der Waals surface area (Å²) in [6.45, 7) is 1.59. The fourth-order valence-corrected chi connectivity index (χ4v) is 3.51. The van der Waals surface area contributed by atoms with Gasteiger partial charge in [0.15, 0.2) is 0 Å². The lowest BCUT2D eigenvalue weighted by Crippen LogP contribution is -2.38. The maximum Gasteiger partial charge on any atom is 0.254 e. The summed E-state index contributed by atoms with van der Waals surface area (Å²) in [5.41, 5.74) is 2.95. The van der Waals surface area contributed by atoms with E-state index < -0.39 is 0 Å². The Morgan fingerprint density at radius 2 is 1.75 bits per heavy atom. The third-order valence-electron chi connectivity index (χ3n) is 4.84. The Morgan fingerprint density at radius 1 is 0.958 bits per heavy atom. The van der Waals surface area contributed by atoms with E-state index in [0.717, 1.165) is 42.4 Å². The molecule has 2 aromatic heterocycles. The van der Waals surface area contributed by atoms with Gasteiger partial charge in [-0.2, -0.15) is 0 Å². The first-order valence-electron chi connectivity index (χ1n) is 8.36. The van der Waals surface area contributed by atoms with E-state index in [0.29, 0.717) is 5.92 Å². The van der Waals surface area contributed by atoms with E-state index in [2.05, 4.69) is 22.1 Å². The zero-order valence-electron chi connectivity index (χ0n) is 13.4. The monoisotopic (exact) mass is 317 g/mol. The molecule has 0 unspecified atom stereocenters. The van der Waals surface area contributed by atoms with E-state index in [4.69, 9.17) is 0 Å². The lowest BCUT2D eigenvalue weighted by molar-refractivity contribution is 0.0715. The second-order valence-electron chi connectivity index (χ2n) is 6.22. The van der Waals surface area contributed by atoms with Crippen LogP contribution in [0.3, 0.4) is 0 Å². The smallest absolute Gasteiger partial charge is 0.254 e. The molecule has 1 fully saturated rings. The maximum atomic E-state index is 12.9. The van der Waals surface area contributed by atoms with Crippen LogP contribution in [0.25, 0.3) is 10.9 Å². The third-order valence-corrected chi connectivity index (χ3v) is 4.84. The molecular weight excluding hydrogens is 298 g/mol. The van der Waals surface area contributed by atoms with Gasteiger partial charge in [-0.1, -0.05) is 12.1 Å². The summed E-state index contributed by atoms with van der Waals surface area (Å²) in [6.07, 6.45) is 7.44. The lowest BCUT2D eigenvalue weighted by Gasteiger charge is -2.32. The molecule has 1 saturated heterocycles.